The van der Waals surface area contributed by atoms with E-state index in [1.54, 1.807) is 0 Å². The maximum Gasteiger partial charge on any atom is 0.328 e. The third-order valence-corrected chi connectivity index (χ3v) is 2.34. The van der Waals surface area contributed by atoms with Crippen LogP contribution < -0.4 is 0 Å². The van der Waals surface area contributed by atoms with Crippen LogP contribution >= 0.6 is 0 Å². The Hall–Kier alpha value is -1.06. The number of ether oxygens (including phenoxy) is 1. The molecule has 0 unspecified atom stereocenters. The van der Waals surface area contributed by atoms with Crippen LogP contribution in [0.3, 0.4) is 0 Å². The van der Waals surface area contributed by atoms with Crippen LogP contribution in [0.5, 0.6) is 0 Å². The molecule has 1 rings (SSSR count). The van der Waals surface area contributed by atoms with Crippen molar-refractivity contribution in [1.29, 1.82) is 0 Å². The van der Waals surface area contributed by atoms with Gasteiger partial charge in [-0.3, -0.25) is 4.99 Å². The van der Waals surface area contributed by atoms with Crippen molar-refractivity contribution < 1.29 is 9.53 Å². The van der Waals surface area contributed by atoms with Crippen LogP contribution in [-0.4, -0.2) is 42.4 Å². The van der Waals surface area contributed by atoms with Gasteiger partial charge in [0.2, 0.25) is 0 Å². The lowest BCUT2D eigenvalue weighted by Gasteiger charge is -2.22. The average molecular weight is 184 g/mol. The molecule has 0 saturated heterocycles. The molecule has 0 spiro atoms. The Morgan fingerprint density at radius 2 is 2.08 bits per heavy atom. The molecule has 0 aromatic carbocycles. The normalized spacial score (nSPS) is 20.2. The molecule has 0 saturated carbocycles. The first-order valence-corrected chi connectivity index (χ1v) is 4.31. The highest BCUT2D eigenvalue weighted by Crippen LogP contribution is 2.29. The maximum atomic E-state index is 11.2. The van der Waals surface area contributed by atoms with E-state index < -0.39 is 0 Å². The first-order chi connectivity index (χ1) is 5.90. The van der Waals surface area contributed by atoms with Crippen LogP contribution in [0.25, 0.3) is 0 Å². The fraction of sp³-hybridized carbons (Fsp3) is 0.778. The molecule has 0 bridgehead atoms. The maximum absolute atomic E-state index is 11.2. The van der Waals surface area contributed by atoms with E-state index in [4.69, 9.17) is 0 Å². The number of methoxy groups -OCH3 is 1. The topological polar surface area (TPSA) is 41.9 Å². The Bertz CT molecular complexity index is 258. The van der Waals surface area contributed by atoms with E-state index in [9.17, 15) is 4.79 Å². The standard InChI is InChI=1S/C9H16N2O2/c1-6(7(12)13-5)11(4)8-9(2,3)10-8/h6H,1-5H3/t6-/m0/s1. The van der Waals surface area contributed by atoms with Crippen molar-refractivity contribution in [3.63, 3.8) is 0 Å². The van der Waals surface area contributed by atoms with Gasteiger partial charge in [0, 0.05) is 7.05 Å². The van der Waals surface area contributed by atoms with E-state index in [-0.39, 0.29) is 17.6 Å². The zero-order valence-electron chi connectivity index (χ0n) is 8.79. The van der Waals surface area contributed by atoms with Gasteiger partial charge in [-0.15, -0.1) is 0 Å². The van der Waals surface area contributed by atoms with Gasteiger partial charge in [-0.1, -0.05) is 0 Å². The molecule has 1 aliphatic heterocycles. The fourth-order valence-electron chi connectivity index (χ4n) is 1.26. The summed E-state index contributed by atoms with van der Waals surface area (Å²) >= 11 is 0. The quantitative estimate of drug-likeness (QED) is 0.592. The predicted octanol–water partition coefficient (Wildman–Crippen LogP) is 0.670. The molecular formula is C9H16N2O2. The van der Waals surface area contributed by atoms with E-state index in [1.807, 2.05) is 32.7 Å². The van der Waals surface area contributed by atoms with Gasteiger partial charge in [0.05, 0.1) is 7.11 Å². The molecule has 74 valence electrons. The van der Waals surface area contributed by atoms with Crippen LogP contribution in [0.1, 0.15) is 20.8 Å². The first-order valence-electron chi connectivity index (χ1n) is 4.31. The molecule has 0 aliphatic carbocycles. The summed E-state index contributed by atoms with van der Waals surface area (Å²) in [5.74, 6) is 0.735. The molecular weight excluding hydrogens is 168 g/mol. The Labute approximate surface area is 78.6 Å². The Balaban J connectivity index is 2.55. The van der Waals surface area contributed by atoms with Crippen molar-refractivity contribution >= 4 is 11.8 Å². The average Bonchev–Trinajstić information content (AvgIpc) is 2.71. The van der Waals surface area contributed by atoms with Crippen molar-refractivity contribution in [3.8, 4) is 0 Å². The Morgan fingerprint density at radius 1 is 1.62 bits per heavy atom. The molecule has 0 aromatic rings. The Morgan fingerprint density at radius 3 is 2.38 bits per heavy atom. The summed E-state index contributed by atoms with van der Waals surface area (Å²) in [4.78, 5) is 17.3. The van der Waals surface area contributed by atoms with E-state index in [0.717, 1.165) is 5.84 Å². The molecule has 0 radical (unpaired) electrons. The lowest BCUT2D eigenvalue weighted by Crippen LogP contribution is -2.40. The van der Waals surface area contributed by atoms with Crippen molar-refractivity contribution in [2.45, 2.75) is 32.4 Å². The second kappa shape index (κ2) is 3.01. The number of likely N-dealkylation sites (N-methyl/N-ethyl adjacent to an activating group) is 1. The monoisotopic (exact) mass is 184 g/mol. The number of carbonyl (C=O) groups is 1. The van der Waals surface area contributed by atoms with Gasteiger partial charge >= 0.3 is 5.97 Å². The van der Waals surface area contributed by atoms with Crippen molar-refractivity contribution in [3.05, 3.63) is 0 Å². The second-order valence-corrected chi connectivity index (χ2v) is 3.80. The molecule has 1 aliphatic rings. The summed E-state index contributed by atoms with van der Waals surface area (Å²) < 4.78 is 4.64. The molecule has 13 heavy (non-hydrogen) atoms. The van der Waals surface area contributed by atoms with Crippen LogP contribution in [0, 0.1) is 0 Å². The van der Waals surface area contributed by atoms with Crippen LogP contribution in [0.4, 0.5) is 0 Å². The molecule has 4 heteroatoms. The van der Waals surface area contributed by atoms with E-state index in [1.165, 1.54) is 7.11 Å². The van der Waals surface area contributed by atoms with Gasteiger partial charge in [-0.05, 0) is 20.8 Å². The minimum absolute atomic E-state index is 0.0863. The number of rotatable bonds is 2. The minimum atomic E-state index is -0.259. The van der Waals surface area contributed by atoms with Gasteiger partial charge < -0.3 is 9.64 Å². The fourth-order valence-corrected chi connectivity index (χ4v) is 1.26. The number of carbonyl (C=O) groups excluding carboxylic acids is 1. The highest BCUT2D eigenvalue weighted by atomic mass is 16.5. The molecule has 1 heterocycles. The van der Waals surface area contributed by atoms with E-state index >= 15 is 0 Å². The molecule has 4 nitrogen and oxygen atoms in total. The van der Waals surface area contributed by atoms with Crippen molar-refractivity contribution in [2.24, 2.45) is 4.99 Å². The zero-order valence-corrected chi connectivity index (χ0v) is 8.79. The molecule has 0 fully saturated rings. The smallest absolute Gasteiger partial charge is 0.328 e. The number of aliphatic imine (C=N–C) groups is 1. The van der Waals surface area contributed by atoms with E-state index in [0.29, 0.717) is 0 Å². The van der Waals surface area contributed by atoms with Crippen molar-refractivity contribution in [2.75, 3.05) is 14.2 Å². The van der Waals surface area contributed by atoms with Crippen LogP contribution in [0.2, 0.25) is 0 Å². The molecule has 0 amide bonds. The summed E-state index contributed by atoms with van der Waals surface area (Å²) in [7, 11) is 3.25. The largest absolute Gasteiger partial charge is 0.467 e. The highest BCUT2D eigenvalue weighted by molar-refractivity contribution is 6.04. The van der Waals surface area contributed by atoms with Crippen molar-refractivity contribution in [1.82, 2.24) is 4.90 Å². The molecule has 0 N–H and O–H groups in total. The van der Waals surface area contributed by atoms with E-state index in [2.05, 4.69) is 9.73 Å². The summed E-state index contributed by atoms with van der Waals surface area (Å²) in [5, 5.41) is 0. The predicted molar refractivity (Wildman–Crippen MR) is 50.8 cm³/mol. The highest BCUT2D eigenvalue weighted by Gasteiger charge is 2.42. The van der Waals surface area contributed by atoms with Gasteiger partial charge in [0.25, 0.3) is 0 Å². The van der Waals surface area contributed by atoms with Crippen LogP contribution in [0.15, 0.2) is 4.99 Å². The second-order valence-electron chi connectivity index (χ2n) is 3.80. The lowest BCUT2D eigenvalue weighted by atomic mass is 10.1. The van der Waals surface area contributed by atoms with Crippen LogP contribution in [-0.2, 0) is 9.53 Å². The third kappa shape index (κ3) is 1.82. The summed E-state index contributed by atoms with van der Waals surface area (Å²) in [6.45, 7) is 5.84. The summed E-state index contributed by atoms with van der Waals surface area (Å²) in [5.41, 5.74) is -0.0863. The number of nitrogens with zero attached hydrogens (tertiary/aromatic N) is 2. The molecule has 0 aromatic heterocycles. The minimum Gasteiger partial charge on any atom is -0.467 e. The number of hydrogen-bond donors (Lipinski definition) is 0. The summed E-state index contributed by atoms with van der Waals surface area (Å²) in [6.07, 6.45) is 0. The van der Waals surface area contributed by atoms with Gasteiger partial charge in [-0.2, -0.15) is 0 Å². The summed E-state index contributed by atoms with van der Waals surface area (Å²) in [6, 6.07) is -0.259. The third-order valence-electron chi connectivity index (χ3n) is 2.34. The SMILES string of the molecule is COC(=O)[C@H](C)N(C)C1=NC1(C)C. The number of esters is 1. The zero-order chi connectivity index (χ0) is 10.2. The number of hydrogen-bond acceptors (Lipinski definition) is 4. The lowest BCUT2D eigenvalue weighted by molar-refractivity contribution is -0.144. The number of amidine groups is 1. The Kier molecular flexibility index (Phi) is 2.32. The van der Waals surface area contributed by atoms with Gasteiger partial charge in [-0.25, -0.2) is 4.79 Å². The van der Waals surface area contributed by atoms with Gasteiger partial charge in [0.15, 0.2) is 0 Å². The van der Waals surface area contributed by atoms with Gasteiger partial charge in [0.1, 0.15) is 17.4 Å². The molecule has 1 atom stereocenters. The first kappa shape index (κ1) is 10.0.